The minimum absolute atomic E-state index is 0.0730. The molecule has 10 nitrogen and oxygen atoms in total. The zero-order valence-corrected chi connectivity index (χ0v) is 21.5. The molecule has 1 saturated heterocycles. The molecule has 1 aromatic rings. The average Bonchev–Trinajstić information content (AvgIpc) is 2.85. The zero-order chi connectivity index (χ0) is 26.0. The van der Waals surface area contributed by atoms with Crippen LogP contribution < -0.4 is 16.1 Å². The maximum absolute atomic E-state index is 13.3. The lowest BCUT2D eigenvalue weighted by Crippen LogP contribution is -2.50. The highest BCUT2D eigenvalue weighted by Gasteiger charge is 2.36. The van der Waals surface area contributed by atoms with E-state index in [1.54, 1.807) is 35.8 Å². The number of hydrogen-bond donors (Lipinski definition) is 4. The van der Waals surface area contributed by atoms with Crippen LogP contribution in [0.2, 0.25) is 0 Å². The molecule has 0 aromatic heterocycles. The van der Waals surface area contributed by atoms with Gasteiger partial charge in [0.25, 0.3) is 0 Å². The van der Waals surface area contributed by atoms with Gasteiger partial charge in [-0.25, -0.2) is 13.9 Å². The molecular weight excluding hydrogens is 472 g/mol. The number of carbonyl (C=O) groups excluding carboxylic acids is 3. The number of hydrogen-bond acceptors (Lipinski definition) is 6. The lowest BCUT2D eigenvalue weighted by atomic mass is 9.81. The summed E-state index contributed by atoms with van der Waals surface area (Å²) in [5.74, 6) is -3.06. The summed E-state index contributed by atoms with van der Waals surface area (Å²) >= 11 is 0. The SMILES string of the molecule is CNC(=O)[C@@H]1CCCCN(S(=O)(=O)c2ccccc2)CCC[C@H](C(=O)NO)[C@@H](CC(C)C)C(=O)N1. The van der Waals surface area contributed by atoms with Gasteiger partial charge in [-0.15, -0.1) is 0 Å². The van der Waals surface area contributed by atoms with Crippen LogP contribution in [0.5, 0.6) is 0 Å². The van der Waals surface area contributed by atoms with Gasteiger partial charge in [0.2, 0.25) is 27.7 Å². The van der Waals surface area contributed by atoms with E-state index >= 15 is 0 Å². The van der Waals surface area contributed by atoms with Crippen molar-refractivity contribution >= 4 is 27.7 Å². The largest absolute Gasteiger partial charge is 0.357 e. The fraction of sp³-hybridized carbons (Fsp3) is 0.625. The van der Waals surface area contributed by atoms with Gasteiger partial charge in [-0.2, -0.15) is 4.31 Å². The van der Waals surface area contributed by atoms with Gasteiger partial charge in [-0.1, -0.05) is 32.0 Å². The summed E-state index contributed by atoms with van der Waals surface area (Å²) in [7, 11) is -2.28. The van der Waals surface area contributed by atoms with Crippen molar-refractivity contribution in [3.63, 3.8) is 0 Å². The summed E-state index contributed by atoms with van der Waals surface area (Å²) in [6.07, 6.45) is 2.25. The van der Waals surface area contributed by atoms with Crippen LogP contribution in [0, 0.1) is 17.8 Å². The molecule has 4 N–H and O–H groups in total. The van der Waals surface area contributed by atoms with E-state index in [-0.39, 0.29) is 36.2 Å². The molecule has 2 rings (SSSR count). The summed E-state index contributed by atoms with van der Waals surface area (Å²) in [4.78, 5) is 38.5. The predicted molar refractivity (Wildman–Crippen MR) is 131 cm³/mol. The van der Waals surface area contributed by atoms with E-state index in [0.29, 0.717) is 32.1 Å². The van der Waals surface area contributed by atoms with Crippen LogP contribution in [0.15, 0.2) is 35.2 Å². The number of likely N-dealkylation sites (N-methyl/N-ethyl adjacent to an activating group) is 1. The molecule has 0 saturated carbocycles. The van der Waals surface area contributed by atoms with Gasteiger partial charge in [-0.3, -0.25) is 19.6 Å². The molecule has 1 aromatic carbocycles. The number of nitrogens with one attached hydrogen (secondary N) is 3. The van der Waals surface area contributed by atoms with Crippen molar-refractivity contribution in [2.75, 3.05) is 20.1 Å². The van der Waals surface area contributed by atoms with Gasteiger partial charge >= 0.3 is 0 Å². The number of rotatable bonds is 6. The molecule has 3 amide bonds. The van der Waals surface area contributed by atoms with Crippen molar-refractivity contribution in [3.05, 3.63) is 30.3 Å². The third-order valence-corrected chi connectivity index (χ3v) is 8.24. The second-order valence-corrected chi connectivity index (χ2v) is 11.3. The number of amides is 3. The molecule has 3 atom stereocenters. The molecule has 0 bridgehead atoms. The Morgan fingerprint density at radius 2 is 1.74 bits per heavy atom. The van der Waals surface area contributed by atoms with Gasteiger partial charge in [-0.05, 0) is 56.6 Å². The number of sulfonamides is 1. The second kappa shape index (κ2) is 13.6. The Kier molecular flexibility index (Phi) is 11.1. The highest BCUT2D eigenvalue weighted by atomic mass is 32.2. The summed E-state index contributed by atoms with van der Waals surface area (Å²) in [5.41, 5.74) is 1.67. The van der Waals surface area contributed by atoms with Crippen molar-refractivity contribution in [1.82, 2.24) is 20.4 Å². The first-order valence-electron chi connectivity index (χ1n) is 12.1. The molecule has 0 aliphatic carbocycles. The minimum atomic E-state index is -3.76. The van der Waals surface area contributed by atoms with E-state index in [2.05, 4.69) is 10.6 Å². The Morgan fingerprint density at radius 1 is 1.09 bits per heavy atom. The van der Waals surface area contributed by atoms with Crippen LogP contribution >= 0.6 is 0 Å². The normalized spacial score (nSPS) is 23.3. The Hall–Kier alpha value is -2.50. The average molecular weight is 511 g/mol. The third-order valence-electron chi connectivity index (χ3n) is 6.33. The van der Waals surface area contributed by atoms with Gasteiger partial charge < -0.3 is 10.6 Å². The third kappa shape index (κ3) is 8.01. The molecule has 1 aliphatic heterocycles. The molecule has 0 radical (unpaired) electrons. The van der Waals surface area contributed by atoms with Gasteiger partial charge in [0.1, 0.15) is 6.04 Å². The Balaban J connectivity index is 2.40. The summed E-state index contributed by atoms with van der Waals surface area (Å²) < 4.78 is 28.0. The van der Waals surface area contributed by atoms with Crippen molar-refractivity contribution in [3.8, 4) is 0 Å². The van der Waals surface area contributed by atoms with E-state index in [0.717, 1.165) is 0 Å². The molecule has 1 heterocycles. The Labute approximate surface area is 207 Å². The van der Waals surface area contributed by atoms with Crippen molar-refractivity contribution in [2.45, 2.75) is 63.3 Å². The standard InChI is InChI=1S/C24H38N4O6S/c1-17(2)16-20-19(23(30)27-32)12-9-15-28(35(33,34)18-10-5-4-6-11-18)14-8-7-13-21(24(31)25-3)26-22(20)29/h4-6,10-11,17,19-21,32H,7-9,12-16H2,1-3H3,(H,25,31)(H,26,29)(H,27,30)/t19-,20+,21-/m0/s1. The monoisotopic (exact) mass is 510 g/mol. The fourth-order valence-corrected chi connectivity index (χ4v) is 6.04. The number of carbonyl (C=O) groups is 3. The topological polar surface area (TPSA) is 145 Å². The van der Waals surface area contributed by atoms with Crippen LogP contribution in [0.4, 0.5) is 0 Å². The first kappa shape index (κ1) is 28.7. The summed E-state index contributed by atoms with van der Waals surface area (Å²) in [6.45, 7) is 4.26. The first-order chi connectivity index (χ1) is 16.6. The second-order valence-electron chi connectivity index (χ2n) is 9.35. The molecule has 1 fully saturated rings. The van der Waals surface area contributed by atoms with Gasteiger partial charge in [0.05, 0.1) is 10.8 Å². The quantitative estimate of drug-likeness (QED) is 0.338. The minimum Gasteiger partial charge on any atom is -0.357 e. The zero-order valence-electron chi connectivity index (χ0n) is 20.7. The predicted octanol–water partition coefficient (Wildman–Crippen LogP) is 1.66. The van der Waals surface area contributed by atoms with E-state index in [4.69, 9.17) is 0 Å². The highest BCUT2D eigenvalue weighted by Crippen LogP contribution is 2.27. The van der Waals surface area contributed by atoms with Gasteiger partial charge in [0.15, 0.2) is 0 Å². The molecule has 1 aliphatic rings. The maximum Gasteiger partial charge on any atom is 0.247 e. The molecule has 0 unspecified atom stereocenters. The van der Waals surface area contributed by atoms with Crippen molar-refractivity contribution < 1.29 is 28.0 Å². The lowest BCUT2D eigenvalue weighted by Gasteiger charge is -2.28. The number of benzene rings is 1. The van der Waals surface area contributed by atoms with Crippen LogP contribution in [-0.2, 0) is 24.4 Å². The van der Waals surface area contributed by atoms with E-state index in [1.807, 2.05) is 13.8 Å². The molecule has 35 heavy (non-hydrogen) atoms. The van der Waals surface area contributed by atoms with Gasteiger partial charge in [0, 0.05) is 26.1 Å². The van der Waals surface area contributed by atoms with Crippen LogP contribution in [0.25, 0.3) is 0 Å². The first-order valence-corrected chi connectivity index (χ1v) is 13.6. The van der Waals surface area contributed by atoms with Crippen LogP contribution in [-0.4, -0.2) is 61.8 Å². The lowest BCUT2D eigenvalue weighted by molar-refractivity contribution is -0.142. The number of nitrogens with zero attached hydrogens (tertiary/aromatic N) is 1. The highest BCUT2D eigenvalue weighted by molar-refractivity contribution is 7.89. The maximum atomic E-state index is 13.3. The molecule has 196 valence electrons. The van der Waals surface area contributed by atoms with Crippen molar-refractivity contribution in [2.24, 2.45) is 17.8 Å². The Morgan fingerprint density at radius 3 is 2.34 bits per heavy atom. The van der Waals surface area contributed by atoms with E-state index in [9.17, 15) is 28.0 Å². The molecule has 0 spiro atoms. The summed E-state index contributed by atoms with van der Waals surface area (Å²) in [5, 5.41) is 14.7. The van der Waals surface area contributed by atoms with E-state index in [1.165, 1.54) is 11.4 Å². The van der Waals surface area contributed by atoms with Crippen LogP contribution in [0.1, 0.15) is 52.4 Å². The molecular formula is C24H38N4O6S. The smallest absolute Gasteiger partial charge is 0.247 e. The fourth-order valence-electron chi connectivity index (χ4n) is 4.50. The van der Waals surface area contributed by atoms with Crippen molar-refractivity contribution in [1.29, 1.82) is 0 Å². The van der Waals surface area contributed by atoms with Crippen LogP contribution in [0.3, 0.4) is 0 Å². The summed E-state index contributed by atoms with van der Waals surface area (Å²) in [6, 6.07) is 7.35. The Bertz CT molecular complexity index is 954. The molecule has 11 heteroatoms. The number of hydroxylamine groups is 1. The van der Waals surface area contributed by atoms with E-state index < -0.39 is 39.7 Å².